The Bertz CT molecular complexity index is 861. The molecule has 30 heavy (non-hydrogen) atoms. The van der Waals surface area contributed by atoms with Gasteiger partial charge < -0.3 is 20.3 Å². The molecule has 1 amide bonds. The molecule has 3 N–H and O–H groups in total. The number of nitrogens with one attached hydrogen (secondary N) is 1. The molecule has 6 nitrogen and oxygen atoms in total. The number of hydrogen-bond acceptors (Lipinski definition) is 4. The van der Waals surface area contributed by atoms with Crippen molar-refractivity contribution in [2.75, 3.05) is 6.61 Å². The molecule has 0 saturated heterocycles. The first-order chi connectivity index (χ1) is 14.0. The van der Waals surface area contributed by atoms with Gasteiger partial charge in [0.2, 0.25) is 5.91 Å². The van der Waals surface area contributed by atoms with Gasteiger partial charge in [-0.2, -0.15) is 0 Å². The van der Waals surface area contributed by atoms with Crippen LogP contribution in [0.5, 0.6) is 0 Å². The average Bonchev–Trinajstić information content (AvgIpc) is 2.66. The van der Waals surface area contributed by atoms with Gasteiger partial charge in [-0.15, -0.1) is 0 Å². The van der Waals surface area contributed by atoms with E-state index in [2.05, 4.69) is 5.32 Å². The van der Waals surface area contributed by atoms with Gasteiger partial charge in [-0.3, -0.25) is 4.79 Å². The molecule has 0 aliphatic heterocycles. The van der Waals surface area contributed by atoms with E-state index in [0.29, 0.717) is 11.4 Å². The third kappa shape index (κ3) is 8.14. The van der Waals surface area contributed by atoms with Crippen LogP contribution in [0.1, 0.15) is 32.8 Å². The molecule has 2 aromatic carbocycles. The van der Waals surface area contributed by atoms with Crippen molar-refractivity contribution in [1.82, 2.24) is 5.32 Å². The molecule has 0 unspecified atom stereocenters. The van der Waals surface area contributed by atoms with Crippen LogP contribution in [0.15, 0.2) is 48.5 Å². The number of benzene rings is 2. The Morgan fingerprint density at radius 2 is 1.77 bits per heavy atom. The minimum Gasteiger partial charge on any atom is -0.479 e. The summed E-state index contributed by atoms with van der Waals surface area (Å²) in [4.78, 5) is 23.3. The molecule has 2 aromatic rings. The average molecular weight is 434 g/mol. The van der Waals surface area contributed by atoms with Gasteiger partial charge in [-0.25, -0.2) is 4.79 Å². The fourth-order valence-electron chi connectivity index (χ4n) is 2.90. The molecule has 2 rings (SSSR count). The standard InChI is InChI=1S/C23H28ClNO5/c1-23(2,3)30-14-21(27)25-19(13-20(26)22(28)29)11-15-7-9-16(10-8-15)17-5-4-6-18(24)12-17/h4-10,12,19-20,26H,11,13-14H2,1-3H3,(H,25,27)(H,28,29)/t19-,20-/m1/s1. The lowest BCUT2D eigenvalue weighted by Gasteiger charge is -2.23. The molecule has 0 saturated carbocycles. The van der Waals surface area contributed by atoms with E-state index in [-0.39, 0.29) is 18.9 Å². The van der Waals surface area contributed by atoms with Gasteiger partial charge in [0, 0.05) is 17.5 Å². The lowest BCUT2D eigenvalue weighted by atomic mass is 9.98. The van der Waals surface area contributed by atoms with Gasteiger partial charge in [-0.1, -0.05) is 48.0 Å². The number of halogens is 1. The highest BCUT2D eigenvalue weighted by molar-refractivity contribution is 6.30. The number of rotatable bonds is 9. The first-order valence-electron chi connectivity index (χ1n) is 9.72. The van der Waals surface area contributed by atoms with Crippen LogP contribution in [0.25, 0.3) is 11.1 Å². The fourth-order valence-corrected chi connectivity index (χ4v) is 3.09. The highest BCUT2D eigenvalue weighted by Crippen LogP contribution is 2.23. The molecule has 2 atom stereocenters. The van der Waals surface area contributed by atoms with Crippen molar-refractivity contribution in [1.29, 1.82) is 0 Å². The number of aliphatic hydroxyl groups is 1. The number of amides is 1. The van der Waals surface area contributed by atoms with E-state index in [1.54, 1.807) is 0 Å². The van der Waals surface area contributed by atoms with Gasteiger partial charge in [0.05, 0.1) is 5.60 Å². The van der Waals surface area contributed by atoms with E-state index in [1.807, 2.05) is 69.3 Å². The predicted octanol–water partition coefficient (Wildman–Crippen LogP) is 3.69. The molecule has 162 valence electrons. The van der Waals surface area contributed by atoms with E-state index >= 15 is 0 Å². The number of aliphatic carboxylic acids is 1. The van der Waals surface area contributed by atoms with Crippen LogP contribution in [0.2, 0.25) is 5.02 Å². The Labute approximate surface area is 181 Å². The SMILES string of the molecule is CC(C)(C)OCC(=O)N[C@H](Cc1ccc(-c2cccc(Cl)c2)cc1)C[C@@H](O)C(=O)O. The minimum atomic E-state index is -1.57. The zero-order valence-corrected chi connectivity index (χ0v) is 18.1. The number of hydrogen-bond donors (Lipinski definition) is 3. The quantitative estimate of drug-likeness (QED) is 0.560. The molecule has 0 aromatic heterocycles. The van der Waals surface area contributed by atoms with Crippen molar-refractivity contribution in [3.8, 4) is 11.1 Å². The fraction of sp³-hybridized carbons (Fsp3) is 0.391. The molecule has 0 bridgehead atoms. The molecule has 0 aliphatic rings. The Balaban J connectivity index is 2.08. The van der Waals surface area contributed by atoms with Gasteiger partial charge in [0.1, 0.15) is 6.61 Å². The zero-order chi connectivity index (χ0) is 22.3. The maximum Gasteiger partial charge on any atom is 0.332 e. The minimum absolute atomic E-state index is 0.105. The Kier molecular flexibility index (Phi) is 8.41. The molecule has 0 heterocycles. The maximum atomic E-state index is 12.2. The van der Waals surface area contributed by atoms with Crippen LogP contribution in [-0.4, -0.2) is 46.4 Å². The number of carboxylic acids is 1. The number of carbonyl (C=O) groups is 2. The van der Waals surface area contributed by atoms with Crippen LogP contribution in [0.3, 0.4) is 0 Å². The van der Waals surface area contributed by atoms with Crippen LogP contribution in [0.4, 0.5) is 0 Å². The van der Waals surface area contributed by atoms with Gasteiger partial charge in [0.25, 0.3) is 0 Å². The molecule has 7 heteroatoms. The third-order valence-corrected chi connectivity index (χ3v) is 4.62. The monoisotopic (exact) mass is 433 g/mol. The predicted molar refractivity (Wildman–Crippen MR) is 116 cm³/mol. The van der Waals surface area contributed by atoms with Gasteiger partial charge in [-0.05, 0) is 56.0 Å². The second-order valence-corrected chi connectivity index (χ2v) is 8.60. The Morgan fingerprint density at radius 3 is 2.33 bits per heavy atom. The molecule has 0 fully saturated rings. The zero-order valence-electron chi connectivity index (χ0n) is 17.4. The second-order valence-electron chi connectivity index (χ2n) is 8.17. The number of ether oxygens (including phenoxy) is 1. The molecule has 0 spiro atoms. The van der Waals surface area contributed by atoms with E-state index in [4.69, 9.17) is 21.4 Å². The Morgan fingerprint density at radius 1 is 1.10 bits per heavy atom. The molecule has 0 radical (unpaired) electrons. The highest BCUT2D eigenvalue weighted by Gasteiger charge is 2.23. The molecule has 0 aliphatic carbocycles. The van der Waals surface area contributed by atoms with E-state index in [1.165, 1.54) is 0 Å². The van der Waals surface area contributed by atoms with Crippen molar-refractivity contribution >= 4 is 23.5 Å². The number of carbonyl (C=O) groups excluding carboxylic acids is 1. The first kappa shape index (κ1) is 23.9. The van der Waals surface area contributed by atoms with Gasteiger partial charge in [0.15, 0.2) is 6.10 Å². The van der Waals surface area contributed by atoms with Crippen molar-refractivity contribution in [2.24, 2.45) is 0 Å². The van der Waals surface area contributed by atoms with Crippen LogP contribution < -0.4 is 5.32 Å². The topological polar surface area (TPSA) is 95.9 Å². The smallest absolute Gasteiger partial charge is 0.332 e. The van der Waals surface area contributed by atoms with Crippen LogP contribution in [0, 0.1) is 0 Å². The van der Waals surface area contributed by atoms with E-state index < -0.39 is 23.7 Å². The Hall–Kier alpha value is -2.41. The summed E-state index contributed by atoms with van der Waals surface area (Å²) in [6, 6.07) is 14.7. The lowest BCUT2D eigenvalue weighted by Crippen LogP contribution is -2.43. The maximum absolute atomic E-state index is 12.2. The largest absolute Gasteiger partial charge is 0.479 e. The van der Waals surface area contributed by atoms with Crippen LogP contribution in [-0.2, 0) is 20.7 Å². The summed E-state index contributed by atoms with van der Waals surface area (Å²) in [5, 5.41) is 22.2. The third-order valence-electron chi connectivity index (χ3n) is 4.39. The summed E-state index contributed by atoms with van der Waals surface area (Å²) in [5.74, 6) is -1.68. The van der Waals surface area contributed by atoms with E-state index in [9.17, 15) is 14.7 Å². The van der Waals surface area contributed by atoms with Crippen molar-refractivity contribution in [2.45, 2.75) is 51.4 Å². The molecular weight excluding hydrogens is 406 g/mol. The highest BCUT2D eigenvalue weighted by atomic mass is 35.5. The van der Waals surface area contributed by atoms with Crippen molar-refractivity contribution < 1.29 is 24.5 Å². The first-order valence-corrected chi connectivity index (χ1v) is 10.1. The summed E-state index contributed by atoms with van der Waals surface area (Å²) in [6.07, 6.45) is -1.29. The van der Waals surface area contributed by atoms with E-state index in [0.717, 1.165) is 16.7 Å². The lowest BCUT2D eigenvalue weighted by molar-refractivity contribution is -0.147. The number of carboxylic acid groups (broad SMARTS) is 1. The summed E-state index contributed by atoms with van der Waals surface area (Å²) < 4.78 is 5.47. The van der Waals surface area contributed by atoms with Crippen molar-refractivity contribution in [3.05, 3.63) is 59.1 Å². The summed E-state index contributed by atoms with van der Waals surface area (Å²) >= 11 is 6.05. The van der Waals surface area contributed by atoms with Gasteiger partial charge >= 0.3 is 5.97 Å². The summed E-state index contributed by atoms with van der Waals surface area (Å²) in [5.41, 5.74) is 2.41. The van der Waals surface area contributed by atoms with Crippen molar-refractivity contribution in [3.63, 3.8) is 0 Å². The normalized spacial score (nSPS) is 13.5. The molecular formula is C23H28ClNO5. The van der Waals surface area contributed by atoms with Crippen LogP contribution >= 0.6 is 11.6 Å². The second kappa shape index (κ2) is 10.6. The summed E-state index contributed by atoms with van der Waals surface area (Å²) in [6.45, 7) is 5.38. The summed E-state index contributed by atoms with van der Waals surface area (Å²) in [7, 11) is 0. The number of aliphatic hydroxyl groups excluding tert-OH is 1.